The fourth-order valence-electron chi connectivity index (χ4n) is 1.44. The minimum absolute atomic E-state index is 0.291. The Labute approximate surface area is 101 Å². The molecule has 0 aromatic heterocycles. The Morgan fingerprint density at radius 1 is 0.882 bits per heavy atom. The highest BCUT2D eigenvalue weighted by Crippen LogP contribution is 2.18. The molecule has 0 atom stereocenters. The number of hydrogen-bond acceptors (Lipinski definition) is 2. The first-order valence-corrected chi connectivity index (χ1v) is 6.66. The molecule has 0 bridgehead atoms. The average Bonchev–Trinajstić information content (AvgIpc) is 2.58. The molecule has 3 nitrogen and oxygen atoms in total. The van der Waals surface area contributed by atoms with Crippen LogP contribution in [0.25, 0.3) is 0 Å². The molecule has 4 heteroatoms. The molecule has 1 aromatic rings. The van der Waals surface area contributed by atoms with E-state index in [9.17, 15) is 8.42 Å². The van der Waals surface area contributed by atoms with Gasteiger partial charge in [0.15, 0.2) is 0 Å². The molecule has 0 spiro atoms. The lowest BCUT2D eigenvalue weighted by Gasteiger charge is -2.15. The smallest absolute Gasteiger partial charge is 0.249 e. The van der Waals surface area contributed by atoms with Crippen LogP contribution in [0.5, 0.6) is 0 Å². The van der Waals surface area contributed by atoms with Gasteiger partial charge in [-0.15, -0.1) is 0 Å². The standard InChI is InChI=1S/C13H13NO2S/c1-12-6-8-13(9-7-12)17(15,16)14-10-4-2-3-5-11-14/h2-11H,1H3. The van der Waals surface area contributed by atoms with E-state index in [0.717, 1.165) is 5.56 Å². The molecule has 0 amide bonds. The van der Waals surface area contributed by atoms with Gasteiger partial charge in [0.1, 0.15) is 0 Å². The van der Waals surface area contributed by atoms with Gasteiger partial charge in [-0.3, -0.25) is 0 Å². The van der Waals surface area contributed by atoms with Crippen molar-refractivity contribution >= 4 is 10.0 Å². The van der Waals surface area contributed by atoms with Crippen molar-refractivity contribution in [3.8, 4) is 0 Å². The van der Waals surface area contributed by atoms with Crippen LogP contribution in [0, 0.1) is 6.92 Å². The van der Waals surface area contributed by atoms with Crippen LogP contribution in [0.4, 0.5) is 0 Å². The average molecular weight is 247 g/mol. The summed E-state index contributed by atoms with van der Waals surface area (Å²) < 4.78 is 25.7. The molecule has 0 saturated carbocycles. The molecule has 0 fully saturated rings. The highest BCUT2D eigenvalue weighted by Gasteiger charge is 2.19. The van der Waals surface area contributed by atoms with E-state index in [0.29, 0.717) is 4.90 Å². The molecule has 1 heterocycles. The van der Waals surface area contributed by atoms with E-state index in [4.69, 9.17) is 0 Å². The molecular weight excluding hydrogens is 234 g/mol. The van der Waals surface area contributed by atoms with Crippen LogP contribution in [-0.4, -0.2) is 12.7 Å². The van der Waals surface area contributed by atoms with Gasteiger partial charge in [-0.25, -0.2) is 12.7 Å². The molecule has 2 rings (SSSR count). The minimum atomic E-state index is -3.48. The molecular formula is C13H13NO2S. The predicted octanol–water partition coefficient (Wildman–Crippen LogP) is 2.58. The van der Waals surface area contributed by atoms with E-state index in [1.807, 2.05) is 6.92 Å². The normalized spacial score (nSPS) is 15.0. The second-order valence-electron chi connectivity index (χ2n) is 3.72. The highest BCUT2D eigenvalue weighted by atomic mass is 32.2. The first-order chi connectivity index (χ1) is 8.10. The van der Waals surface area contributed by atoms with E-state index in [2.05, 4.69) is 0 Å². The van der Waals surface area contributed by atoms with Gasteiger partial charge in [-0.05, 0) is 31.2 Å². The maximum absolute atomic E-state index is 12.2. The first-order valence-electron chi connectivity index (χ1n) is 5.22. The summed E-state index contributed by atoms with van der Waals surface area (Å²) in [6.07, 6.45) is 9.98. The van der Waals surface area contributed by atoms with Gasteiger partial charge in [0.2, 0.25) is 0 Å². The van der Waals surface area contributed by atoms with Gasteiger partial charge in [0.25, 0.3) is 10.0 Å². The molecule has 0 aliphatic carbocycles. The summed E-state index contributed by atoms with van der Waals surface area (Å²) in [5.74, 6) is 0. The van der Waals surface area contributed by atoms with Crippen molar-refractivity contribution in [2.75, 3.05) is 0 Å². The molecule has 88 valence electrons. The Morgan fingerprint density at radius 3 is 1.94 bits per heavy atom. The zero-order chi connectivity index (χ0) is 12.3. The second kappa shape index (κ2) is 4.59. The summed E-state index contributed by atoms with van der Waals surface area (Å²) in [7, 11) is -3.48. The minimum Gasteiger partial charge on any atom is -0.249 e. The summed E-state index contributed by atoms with van der Waals surface area (Å²) in [6, 6.07) is 6.81. The van der Waals surface area contributed by atoms with Crippen LogP contribution < -0.4 is 0 Å². The fraction of sp³-hybridized carbons (Fsp3) is 0.0769. The third-order valence-corrected chi connectivity index (χ3v) is 4.06. The summed E-state index contributed by atoms with van der Waals surface area (Å²) in [5, 5.41) is 0. The van der Waals surface area contributed by atoms with E-state index in [1.165, 1.54) is 16.7 Å². The third kappa shape index (κ3) is 2.47. The summed E-state index contributed by atoms with van der Waals surface area (Å²) in [6.45, 7) is 1.92. The number of allylic oxidation sites excluding steroid dienone is 4. The van der Waals surface area contributed by atoms with Crippen molar-refractivity contribution in [2.45, 2.75) is 11.8 Å². The largest absolute Gasteiger partial charge is 0.267 e. The Hall–Kier alpha value is -1.81. The van der Waals surface area contributed by atoms with E-state index < -0.39 is 10.0 Å². The first kappa shape index (κ1) is 11.7. The van der Waals surface area contributed by atoms with Gasteiger partial charge in [0, 0.05) is 12.4 Å². The molecule has 0 unspecified atom stereocenters. The lowest BCUT2D eigenvalue weighted by atomic mass is 10.2. The Morgan fingerprint density at radius 2 is 1.41 bits per heavy atom. The van der Waals surface area contributed by atoms with Crippen LogP contribution in [-0.2, 0) is 10.0 Å². The van der Waals surface area contributed by atoms with Crippen molar-refractivity contribution in [3.63, 3.8) is 0 Å². The lowest BCUT2D eigenvalue weighted by Crippen LogP contribution is -2.20. The zero-order valence-corrected chi connectivity index (χ0v) is 10.3. The topological polar surface area (TPSA) is 37.4 Å². The predicted molar refractivity (Wildman–Crippen MR) is 67.6 cm³/mol. The molecule has 1 aliphatic rings. The van der Waals surface area contributed by atoms with Crippen molar-refractivity contribution in [2.24, 2.45) is 0 Å². The quantitative estimate of drug-likeness (QED) is 0.805. The van der Waals surface area contributed by atoms with Gasteiger partial charge in [-0.1, -0.05) is 29.8 Å². The maximum Gasteiger partial charge on any atom is 0.267 e. The van der Waals surface area contributed by atoms with Crippen LogP contribution in [0.15, 0.2) is 65.9 Å². The third-order valence-electron chi connectivity index (χ3n) is 2.40. The SMILES string of the molecule is Cc1ccc(S(=O)(=O)N2C=CC=CC=C2)cc1. The van der Waals surface area contributed by atoms with Gasteiger partial charge >= 0.3 is 0 Å². The molecule has 17 heavy (non-hydrogen) atoms. The lowest BCUT2D eigenvalue weighted by molar-refractivity contribution is 0.553. The van der Waals surface area contributed by atoms with Crippen LogP contribution >= 0.6 is 0 Å². The molecule has 1 aromatic carbocycles. The van der Waals surface area contributed by atoms with Gasteiger partial charge in [0.05, 0.1) is 4.90 Å². The highest BCUT2D eigenvalue weighted by molar-refractivity contribution is 7.89. The number of benzene rings is 1. The van der Waals surface area contributed by atoms with Crippen LogP contribution in [0.3, 0.4) is 0 Å². The fourth-order valence-corrected chi connectivity index (χ4v) is 2.62. The van der Waals surface area contributed by atoms with E-state index in [-0.39, 0.29) is 0 Å². The van der Waals surface area contributed by atoms with Crippen molar-refractivity contribution in [3.05, 3.63) is 66.5 Å². The van der Waals surface area contributed by atoms with Gasteiger partial charge in [-0.2, -0.15) is 0 Å². The molecule has 0 N–H and O–H groups in total. The zero-order valence-electron chi connectivity index (χ0n) is 9.45. The Kier molecular flexibility index (Phi) is 3.15. The molecule has 1 aliphatic heterocycles. The number of nitrogens with zero attached hydrogens (tertiary/aromatic N) is 1. The molecule has 0 saturated heterocycles. The van der Waals surface area contributed by atoms with E-state index >= 15 is 0 Å². The monoisotopic (exact) mass is 247 g/mol. The van der Waals surface area contributed by atoms with E-state index in [1.54, 1.807) is 48.6 Å². The van der Waals surface area contributed by atoms with Gasteiger partial charge < -0.3 is 0 Å². The summed E-state index contributed by atoms with van der Waals surface area (Å²) in [4.78, 5) is 0.291. The van der Waals surface area contributed by atoms with Crippen molar-refractivity contribution < 1.29 is 8.42 Å². The van der Waals surface area contributed by atoms with Crippen LogP contribution in [0.1, 0.15) is 5.56 Å². The Bertz CT molecular complexity index is 564. The second-order valence-corrected chi connectivity index (χ2v) is 5.56. The van der Waals surface area contributed by atoms with Crippen molar-refractivity contribution in [1.29, 1.82) is 0 Å². The number of hydrogen-bond donors (Lipinski definition) is 0. The Balaban J connectivity index is 2.39. The number of sulfonamides is 1. The number of aryl methyl sites for hydroxylation is 1. The van der Waals surface area contributed by atoms with Crippen molar-refractivity contribution in [1.82, 2.24) is 4.31 Å². The number of rotatable bonds is 2. The van der Waals surface area contributed by atoms with Crippen LogP contribution in [0.2, 0.25) is 0 Å². The summed E-state index contributed by atoms with van der Waals surface area (Å²) >= 11 is 0. The summed E-state index contributed by atoms with van der Waals surface area (Å²) in [5.41, 5.74) is 1.03. The maximum atomic E-state index is 12.2. The molecule has 0 radical (unpaired) electrons.